The third-order valence-corrected chi connectivity index (χ3v) is 3.60. The molecular weight excluding hydrogens is 314 g/mol. The van der Waals surface area contributed by atoms with Gasteiger partial charge in [-0.3, -0.25) is 4.79 Å². The van der Waals surface area contributed by atoms with Crippen molar-refractivity contribution in [3.8, 4) is 11.5 Å². The maximum Gasteiger partial charge on any atom is 0.254 e. The molecule has 2 aromatic rings. The van der Waals surface area contributed by atoms with Crippen molar-refractivity contribution < 1.29 is 14.3 Å². The molecule has 0 saturated heterocycles. The Bertz CT molecular complexity index is 688. The van der Waals surface area contributed by atoms with Gasteiger partial charge in [-0.15, -0.1) is 0 Å². The SMILES string of the molecule is CCOc1ccc(C(=O)N(C)Cc2cccc(Cl)c2)cc1OC. The van der Waals surface area contributed by atoms with Gasteiger partial charge in [0.2, 0.25) is 0 Å². The van der Waals surface area contributed by atoms with E-state index in [4.69, 9.17) is 21.1 Å². The molecule has 0 fully saturated rings. The quantitative estimate of drug-likeness (QED) is 0.801. The van der Waals surface area contributed by atoms with E-state index in [1.54, 1.807) is 37.3 Å². The lowest BCUT2D eigenvalue weighted by Crippen LogP contribution is -2.26. The number of hydrogen-bond donors (Lipinski definition) is 0. The second-order valence-electron chi connectivity index (χ2n) is 5.09. The zero-order valence-electron chi connectivity index (χ0n) is 13.5. The Labute approximate surface area is 141 Å². The smallest absolute Gasteiger partial charge is 0.254 e. The minimum atomic E-state index is -0.0914. The fraction of sp³-hybridized carbons (Fsp3) is 0.278. The lowest BCUT2D eigenvalue weighted by molar-refractivity contribution is 0.0784. The summed E-state index contributed by atoms with van der Waals surface area (Å²) in [4.78, 5) is 14.2. The van der Waals surface area contributed by atoms with Crippen LogP contribution in [0.5, 0.6) is 11.5 Å². The van der Waals surface area contributed by atoms with Crippen LogP contribution < -0.4 is 9.47 Å². The molecule has 0 radical (unpaired) electrons. The molecule has 1 amide bonds. The molecule has 0 heterocycles. The summed E-state index contributed by atoms with van der Waals surface area (Å²) in [7, 11) is 3.31. The molecule has 0 aromatic heterocycles. The molecule has 0 unspecified atom stereocenters. The average molecular weight is 334 g/mol. The monoisotopic (exact) mass is 333 g/mol. The first-order chi connectivity index (χ1) is 11.0. The van der Waals surface area contributed by atoms with E-state index >= 15 is 0 Å². The van der Waals surface area contributed by atoms with Crippen LogP contribution in [0.2, 0.25) is 5.02 Å². The van der Waals surface area contributed by atoms with Gasteiger partial charge in [0.15, 0.2) is 11.5 Å². The topological polar surface area (TPSA) is 38.8 Å². The molecule has 4 nitrogen and oxygen atoms in total. The lowest BCUT2D eigenvalue weighted by atomic mass is 10.1. The molecule has 122 valence electrons. The van der Waals surface area contributed by atoms with Crippen LogP contribution in [0.3, 0.4) is 0 Å². The van der Waals surface area contributed by atoms with Crippen LogP contribution in [0, 0.1) is 0 Å². The molecule has 0 aliphatic rings. The molecule has 0 aliphatic carbocycles. The summed E-state index contributed by atoms with van der Waals surface area (Å²) in [5.74, 6) is 1.09. The summed E-state index contributed by atoms with van der Waals surface area (Å²) in [5, 5.41) is 0.658. The van der Waals surface area contributed by atoms with Gasteiger partial charge in [-0.2, -0.15) is 0 Å². The van der Waals surface area contributed by atoms with Crippen molar-refractivity contribution in [2.45, 2.75) is 13.5 Å². The molecule has 0 spiro atoms. The molecule has 23 heavy (non-hydrogen) atoms. The first kappa shape index (κ1) is 17.2. The Morgan fingerprint density at radius 2 is 1.96 bits per heavy atom. The van der Waals surface area contributed by atoms with E-state index < -0.39 is 0 Å². The molecule has 2 aromatic carbocycles. The first-order valence-electron chi connectivity index (χ1n) is 7.36. The Morgan fingerprint density at radius 3 is 2.61 bits per heavy atom. The number of amides is 1. The van der Waals surface area contributed by atoms with Crippen LogP contribution in [0.4, 0.5) is 0 Å². The van der Waals surface area contributed by atoms with Crippen LogP contribution in [0.1, 0.15) is 22.8 Å². The molecule has 0 aliphatic heterocycles. The summed E-state index contributed by atoms with van der Waals surface area (Å²) >= 11 is 5.98. The van der Waals surface area contributed by atoms with Crippen LogP contribution in [-0.2, 0) is 6.54 Å². The van der Waals surface area contributed by atoms with Crippen LogP contribution in [0.25, 0.3) is 0 Å². The van der Waals surface area contributed by atoms with Gasteiger partial charge in [0.25, 0.3) is 5.91 Å². The van der Waals surface area contributed by atoms with Crippen molar-refractivity contribution in [1.82, 2.24) is 4.90 Å². The average Bonchev–Trinajstić information content (AvgIpc) is 2.54. The maximum absolute atomic E-state index is 12.6. The molecule has 0 atom stereocenters. The molecule has 2 rings (SSSR count). The highest BCUT2D eigenvalue weighted by Gasteiger charge is 2.15. The molecule has 0 bridgehead atoms. The van der Waals surface area contributed by atoms with Gasteiger partial charge in [-0.25, -0.2) is 0 Å². The van der Waals surface area contributed by atoms with E-state index in [1.165, 1.54) is 0 Å². The van der Waals surface area contributed by atoms with Crippen LogP contribution >= 0.6 is 11.6 Å². The van der Waals surface area contributed by atoms with Crippen molar-refractivity contribution in [1.29, 1.82) is 0 Å². The van der Waals surface area contributed by atoms with Gasteiger partial charge in [0.1, 0.15) is 0 Å². The predicted molar refractivity (Wildman–Crippen MR) is 91.4 cm³/mol. The highest BCUT2D eigenvalue weighted by atomic mass is 35.5. The van der Waals surface area contributed by atoms with Gasteiger partial charge < -0.3 is 14.4 Å². The van der Waals surface area contributed by atoms with Gasteiger partial charge in [-0.1, -0.05) is 23.7 Å². The summed E-state index contributed by atoms with van der Waals surface area (Å²) in [5.41, 5.74) is 1.53. The van der Waals surface area contributed by atoms with E-state index in [0.29, 0.717) is 35.2 Å². The van der Waals surface area contributed by atoms with Gasteiger partial charge in [-0.05, 0) is 42.8 Å². The minimum Gasteiger partial charge on any atom is -0.493 e. The predicted octanol–water partition coefficient (Wildman–Crippen LogP) is 4.02. The Kier molecular flexibility index (Phi) is 5.88. The Balaban J connectivity index is 2.15. The molecule has 0 N–H and O–H groups in total. The third kappa shape index (κ3) is 4.39. The van der Waals surface area contributed by atoms with E-state index in [1.807, 2.05) is 31.2 Å². The van der Waals surface area contributed by atoms with Crippen molar-refractivity contribution in [3.63, 3.8) is 0 Å². The molecular formula is C18H20ClNO3. The van der Waals surface area contributed by atoms with Gasteiger partial charge in [0, 0.05) is 24.2 Å². The highest BCUT2D eigenvalue weighted by Crippen LogP contribution is 2.28. The second-order valence-corrected chi connectivity index (χ2v) is 5.53. The fourth-order valence-corrected chi connectivity index (χ4v) is 2.49. The zero-order chi connectivity index (χ0) is 16.8. The summed E-state index contributed by atoms with van der Waals surface area (Å²) in [6, 6.07) is 12.7. The Hall–Kier alpha value is -2.20. The highest BCUT2D eigenvalue weighted by molar-refractivity contribution is 6.30. The summed E-state index contributed by atoms with van der Waals surface area (Å²) < 4.78 is 10.8. The van der Waals surface area contributed by atoms with Gasteiger partial charge in [0.05, 0.1) is 13.7 Å². The standard InChI is InChI=1S/C18H20ClNO3/c1-4-23-16-9-8-14(11-17(16)22-3)18(21)20(2)12-13-6-5-7-15(19)10-13/h5-11H,4,12H2,1-3H3. The number of nitrogens with zero attached hydrogens (tertiary/aromatic N) is 1. The van der Waals surface area contributed by atoms with Crippen LogP contribution in [-0.4, -0.2) is 31.6 Å². The zero-order valence-corrected chi connectivity index (χ0v) is 14.3. The van der Waals surface area contributed by atoms with E-state index in [-0.39, 0.29) is 5.91 Å². The first-order valence-corrected chi connectivity index (χ1v) is 7.73. The number of ether oxygens (including phenoxy) is 2. The minimum absolute atomic E-state index is 0.0914. The molecule has 5 heteroatoms. The fourth-order valence-electron chi connectivity index (χ4n) is 2.28. The van der Waals surface area contributed by atoms with E-state index in [2.05, 4.69) is 0 Å². The summed E-state index contributed by atoms with van der Waals surface area (Å²) in [6.45, 7) is 2.92. The van der Waals surface area contributed by atoms with E-state index in [9.17, 15) is 4.79 Å². The van der Waals surface area contributed by atoms with Crippen molar-refractivity contribution in [3.05, 3.63) is 58.6 Å². The third-order valence-electron chi connectivity index (χ3n) is 3.37. The number of carbonyl (C=O) groups excluding carboxylic acids is 1. The van der Waals surface area contributed by atoms with Crippen molar-refractivity contribution in [2.75, 3.05) is 20.8 Å². The lowest BCUT2D eigenvalue weighted by Gasteiger charge is -2.18. The normalized spacial score (nSPS) is 10.3. The van der Waals surface area contributed by atoms with Crippen LogP contribution in [0.15, 0.2) is 42.5 Å². The van der Waals surface area contributed by atoms with Crippen molar-refractivity contribution >= 4 is 17.5 Å². The van der Waals surface area contributed by atoms with Gasteiger partial charge >= 0.3 is 0 Å². The maximum atomic E-state index is 12.6. The number of hydrogen-bond acceptors (Lipinski definition) is 3. The number of methoxy groups -OCH3 is 1. The Morgan fingerprint density at radius 1 is 1.17 bits per heavy atom. The number of benzene rings is 2. The number of rotatable bonds is 6. The molecule has 0 saturated carbocycles. The number of carbonyl (C=O) groups is 1. The largest absolute Gasteiger partial charge is 0.493 e. The van der Waals surface area contributed by atoms with E-state index in [0.717, 1.165) is 5.56 Å². The second kappa shape index (κ2) is 7.88. The van der Waals surface area contributed by atoms with Crippen molar-refractivity contribution in [2.24, 2.45) is 0 Å². The summed E-state index contributed by atoms with van der Waals surface area (Å²) in [6.07, 6.45) is 0. The number of halogens is 1.